The lowest BCUT2D eigenvalue weighted by Gasteiger charge is -2.41. The second-order valence-electron chi connectivity index (χ2n) is 7.00. The molecule has 0 unspecified atom stereocenters. The Labute approximate surface area is 143 Å². The molecule has 1 N–H and O–H groups in total. The molecule has 3 nitrogen and oxygen atoms in total. The molecule has 0 atom stereocenters. The van der Waals surface area contributed by atoms with Crippen LogP contribution in [0.4, 0.5) is 0 Å². The summed E-state index contributed by atoms with van der Waals surface area (Å²) >= 11 is 0. The highest BCUT2D eigenvalue weighted by Crippen LogP contribution is 2.53. The Bertz CT molecular complexity index is 712. The minimum Gasteiger partial charge on any atom is -0.355 e. The van der Waals surface area contributed by atoms with Crippen molar-refractivity contribution < 1.29 is 4.79 Å². The highest BCUT2D eigenvalue weighted by atomic mass is 16.1. The fraction of sp³-hybridized carbons (Fsp3) is 0.381. The summed E-state index contributed by atoms with van der Waals surface area (Å²) < 4.78 is 0. The van der Waals surface area contributed by atoms with Crippen molar-refractivity contribution >= 4 is 5.91 Å². The first-order chi connectivity index (χ1) is 11.7. The van der Waals surface area contributed by atoms with E-state index in [1.807, 2.05) is 0 Å². The van der Waals surface area contributed by atoms with E-state index in [4.69, 9.17) is 0 Å². The Morgan fingerprint density at radius 1 is 1.00 bits per heavy atom. The van der Waals surface area contributed by atoms with Crippen molar-refractivity contribution in [2.24, 2.45) is 0 Å². The van der Waals surface area contributed by atoms with E-state index in [0.717, 1.165) is 39.0 Å². The van der Waals surface area contributed by atoms with Gasteiger partial charge in [-0.1, -0.05) is 48.5 Å². The second-order valence-corrected chi connectivity index (χ2v) is 7.00. The van der Waals surface area contributed by atoms with Gasteiger partial charge >= 0.3 is 0 Å². The Hall–Kier alpha value is -2.13. The van der Waals surface area contributed by atoms with Crippen LogP contribution in [0.1, 0.15) is 30.9 Å². The summed E-state index contributed by atoms with van der Waals surface area (Å²) in [5.74, 6) is 0.0575. The zero-order valence-corrected chi connectivity index (χ0v) is 14.2. The fourth-order valence-electron chi connectivity index (χ4n) is 4.50. The average molecular weight is 320 g/mol. The lowest BCUT2D eigenvalue weighted by Crippen LogP contribution is -2.44. The first-order valence-corrected chi connectivity index (χ1v) is 8.87. The number of hydrogen-bond acceptors (Lipinski definition) is 2. The number of likely N-dealkylation sites (tertiary alicyclic amines) is 1. The monoisotopic (exact) mass is 320 g/mol. The predicted octanol–water partition coefficient (Wildman–Crippen LogP) is 3.19. The van der Waals surface area contributed by atoms with Crippen LogP contribution in [0.5, 0.6) is 0 Å². The number of rotatable bonds is 3. The van der Waals surface area contributed by atoms with E-state index in [-0.39, 0.29) is 11.3 Å². The highest BCUT2D eigenvalue weighted by molar-refractivity contribution is 5.81. The van der Waals surface area contributed by atoms with Gasteiger partial charge in [0.25, 0.3) is 0 Å². The molecule has 1 fully saturated rings. The van der Waals surface area contributed by atoms with Crippen molar-refractivity contribution in [2.45, 2.75) is 25.2 Å². The predicted molar refractivity (Wildman–Crippen MR) is 97.0 cm³/mol. The van der Waals surface area contributed by atoms with Crippen molar-refractivity contribution in [3.8, 4) is 11.1 Å². The van der Waals surface area contributed by atoms with Crippen LogP contribution in [-0.4, -0.2) is 37.0 Å². The summed E-state index contributed by atoms with van der Waals surface area (Å²) in [6.07, 6.45) is 2.31. The summed E-state index contributed by atoms with van der Waals surface area (Å²) in [6, 6.07) is 17.8. The summed E-state index contributed by atoms with van der Waals surface area (Å²) in [7, 11) is 0. The van der Waals surface area contributed by atoms with Crippen LogP contribution < -0.4 is 5.32 Å². The van der Waals surface area contributed by atoms with Crippen molar-refractivity contribution in [3.63, 3.8) is 0 Å². The van der Waals surface area contributed by atoms with E-state index in [0.29, 0.717) is 0 Å². The zero-order chi connectivity index (χ0) is 16.6. The number of piperidine rings is 1. The number of carbonyl (C=O) groups excluding carboxylic acids is 1. The first-order valence-electron chi connectivity index (χ1n) is 8.87. The van der Waals surface area contributed by atoms with Crippen LogP contribution in [0.25, 0.3) is 11.1 Å². The van der Waals surface area contributed by atoms with Crippen LogP contribution >= 0.6 is 0 Å². The molecule has 1 amide bonds. The highest BCUT2D eigenvalue weighted by Gasteiger charge is 2.44. The Kier molecular flexibility index (Phi) is 3.89. The third-order valence-corrected chi connectivity index (χ3v) is 5.69. The molecule has 1 saturated heterocycles. The van der Waals surface area contributed by atoms with E-state index in [2.05, 4.69) is 58.7 Å². The van der Waals surface area contributed by atoms with E-state index >= 15 is 0 Å². The molecule has 1 heterocycles. The number of nitrogens with one attached hydrogen (secondary N) is 1. The van der Waals surface area contributed by atoms with Gasteiger partial charge in [-0.3, -0.25) is 4.79 Å². The molecule has 2 aromatic carbocycles. The molecular weight excluding hydrogens is 296 g/mol. The quantitative estimate of drug-likeness (QED) is 0.942. The van der Waals surface area contributed by atoms with Crippen molar-refractivity contribution in [2.75, 3.05) is 26.2 Å². The van der Waals surface area contributed by atoms with Crippen LogP contribution in [0.15, 0.2) is 48.5 Å². The zero-order valence-electron chi connectivity index (χ0n) is 14.2. The summed E-state index contributed by atoms with van der Waals surface area (Å²) in [6.45, 7) is 5.44. The molecule has 1 aliphatic carbocycles. The number of carbonyl (C=O) groups is 1. The lowest BCUT2D eigenvalue weighted by atomic mass is 9.71. The number of fused-ring (bicyclic) bond motifs is 5. The third-order valence-electron chi connectivity index (χ3n) is 5.69. The molecule has 124 valence electrons. The van der Waals surface area contributed by atoms with Gasteiger partial charge in [0.2, 0.25) is 5.91 Å². The molecule has 24 heavy (non-hydrogen) atoms. The first kappa shape index (κ1) is 15.4. The summed E-state index contributed by atoms with van der Waals surface area (Å²) in [5, 5.41) is 2.90. The van der Waals surface area contributed by atoms with Gasteiger partial charge in [0.15, 0.2) is 0 Å². The third kappa shape index (κ3) is 2.44. The largest absolute Gasteiger partial charge is 0.355 e. The van der Waals surface area contributed by atoms with Crippen LogP contribution in [-0.2, 0) is 10.2 Å². The molecule has 2 aromatic rings. The maximum Gasteiger partial charge on any atom is 0.216 e. The molecule has 0 bridgehead atoms. The average Bonchev–Trinajstić information content (AvgIpc) is 2.88. The maximum atomic E-state index is 11.0. The number of benzene rings is 2. The van der Waals surface area contributed by atoms with Gasteiger partial charge in [-0.2, -0.15) is 0 Å². The normalized spacial score (nSPS) is 18.2. The van der Waals surface area contributed by atoms with Crippen molar-refractivity contribution in [1.82, 2.24) is 10.2 Å². The fourth-order valence-corrected chi connectivity index (χ4v) is 4.50. The van der Waals surface area contributed by atoms with Crippen molar-refractivity contribution in [3.05, 3.63) is 59.7 Å². The number of nitrogens with zero attached hydrogens (tertiary/aromatic N) is 1. The van der Waals surface area contributed by atoms with Crippen LogP contribution in [0.3, 0.4) is 0 Å². The van der Waals surface area contributed by atoms with Crippen molar-refractivity contribution in [1.29, 1.82) is 0 Å². The van der Waals surface area contributed by atoms with E-state index in [1.165, 1.54) is 22.3 Å². The van der Waals surface area contributed by atoms with Gasteiger partial charge in [-0.05, 0) is 48.2 Å². The molecule has 0 radical (unpaired) electrons. The molecule has 4 rings (SSSR count). The smallest absolute Gasteiger partial charge is 0.216 e. The lowest BCUT2D eigenvalue weighted by molar-refractivity contribution is -0.119. The molecule has 1 aliphatic heterocycles. The maximum absolute atomic E-state index is 11.0. The standard InChI is InChI=1S/C21H24N2O/c1-16(24)22-12-15-23-13-10-21(11-14-23)19-8-4-2-6-17(19)18-7-3-5-9-20(18)21/h2-9H,10-15H2,1H3,(H,22,24). The van der Waals surface area contributed by atoms with Gasteiger partial charge < -0.3 is 10.2 Å². The van der Waals surface area contributed by atoms with Gasteiger partial charge in [0.05, 0.1) is 0 Å². The number of hydrogen-bond donors (Lipinski definition) is 1. The van der Waals surface area contributed by atoms with E-state index < -0.39 is 0 Å². The van der Waals surface area contributed by atoms with Crippen LogP contribution in [0, 0.1) is 0 Å². The molecule has 0 saturated carbocycles. The van der Waals surface area contributed by atoms with Gasteiger partial charge in [0.1, 0.15) is 0 Å². The molecule has 3 heteroatoms. The topological polar surface area (TPSA) is 32.3 Å². The minimum atomic E-state index is 0.0575. The number of amides is 1. The Morgan fingerprint density at radius 3 is 2.08 bits per heavy atom. The molecular formula is C21H24N2O. The van der Waals surface area contributed by atoms with Crippen LogP contribution in [0.2, 0.25) is 0 Å². The molecule has 1 spiro atoms. The SMILES string of the molecule is CC(=O)NCCN1CCC2(CC1)c1ccccc1-c1ccccc12. The van der Waals surface area contributed by atoms with Gasteiger partial charge in [0, 0.05) is 25.4 Å². The summed E-state index contributed by atoms with van der Waals surface area (Å²) in [5.41, 5.74) is 6.03. The second kappa shape index (κ2) is 6.06. The molecule has 2 aliphatic rings. The molecule has 0 aromatic heterocycles. The minimum absolute atomic E-state index is 0.0575. The van der Waals surface area contributed by atoms with Gasteiger partial charge in [-0.25, -0.2) is 0 Å². The van der Waals surface area contributed by atoms with E-state index in [1.54, 1.807) is 6.92 Å². The summed E-state index contributed by atoms with van der Waals surface area (Å²) in [4.78, 5) is 13.5. The Balaban J connectivity index is 1.57. The Morgan fingerprint density at radius 2 is 1.54 bits per heavy atom. The van der Waals surface area contributed by atoms with E-state index in [9.17, 15) is 4.79 Å². The van der Waals surface area contributed by atoms with Gasteiger partial charge in [-0.15, -0.1) is 0 Å².